The largest absolute Gasteiger partial charge is 0.416 e. The number of aromatic nitrogens is 1. The standard InChI is InChI=1S/C13H18F3N3O/c1-20-9-12(4-2-5-19-12)8-18-11-7-10(3-6-17-11)13(14,15)16/h3,6-7,19H,2,4-5,8-9H2,1H3,(H,17,18). The van der Waals surface area contributed by atoms with Crippen molar-refractivity contribution >= 4 is 5.82 Å². The van der Waals surface area contributed by atoms with Crippen LogP contribution in [0.4, 0.5) is 19.0 Å². The molecule has 0 amide bonds. The van der Waals surface area contributed by atoms with Crippen LogP contribution >= 0.6 is 0 Å². The Kier molecular flexibility index (Phi) is 4.49. The molecule has 0 spiro atoms. The first-order valence-corrected chi connectivity index (χ1v) is 6.46. The van der Waals surface area contributed by atoms with Crippen LogP contribution in [0.5, 0.6) is 0 Å². The number of nitrogens with zero attached hydrogens (tertiary/aromatic N) is 1. The molecule has 1 atom stereocenters. The molecule has 1 aliphatic rings. The summed E-state index contributed by atoms with van der Waals surface area (Å²) in [6.07, 6.45) is -1.24. The van der Waals surface area contributed by atoms with Crippen LogP contribution in [0.2, 0.25) is 0 Å². The zero-order valence-electron chi connectivity index (χ0n) is 11.3. The minimum Gasteiger partial charge on any atom is -0.383 e. The van der Waals surface area contributed by atoms with Crippen molar-refractivity contribution in [3.05, 3.63) is 23.9 Å². The van der Waals surface area contributed by atoms with Gasteiger partial charge in [0.2, 0.25) is 0 Å². The third-order valence-electron chi connectivity index (χ3n) is 3.45. The van der Waals surface area contributed by atoms with Crippen molar-refractivity contribution in [2.75, 3.05) is 32.1 Å². The third kappa shape index (κ3) is 3.61. The smallest absolute Gasteiger partial charge is 0.383 e. The number of hydrogen-bond acceptors (Lipinski definition) is 4. The Bertz CT molecular complexity index is 445. The van der Waals surface area contributed by atoms with Gasteiger partial charge in [-0.3, -0.25) is 0 Å². The summed E-state index contributed by atoms with van der Waals surface area (Å²) >= 11 is 0. The van der Waals surface area contributed by atoms with Crippen LogP contribution in [0.15, 0.2) is 18.3 Å². The van der Waals surface area contributed by atoms with Crippen LogP contribution in [0.1, 0.15) is 18.4 Å². The summed E-state index contributed by atoms with van der Waals surface area (Å²) in [4.78, 5) is 3.93. The molecule has 7 heteroatoms. The molecule has 2 N–H and O–H groups in total. The first-order valence-electron chi connectivity index (χ1n) is 6.46. The summed E-state index contributed by atoms with van der Waals surface area (Å²) in [7, 11) is 1.62. The molecule has 1 aromatic heterocycles. The summed E-state index contributed by atoms with van der Waals surface area (Å²) in [5.74, 6) is 0.226. The quantitative estimate of drug-likeness (QED) is 0.873. The van der Waals surface area contributed by atoms with E-state index in [9.17, 15) is 13.2 Å². The maximum atomic E-state index is 12.6. The van der Waals surface area contributed by atoms with Gasteiger partial charge in [0.1, 0.15) is 5.82 Å². The molecule has 112 valence electrons. The van der Waals surface area contributed by atoms with Crippen molar-refractivity contribution in [2.24, 2.45) is 0 Å². The van der Waals surface area contributed by atoms with E-state index in [0.717, 1.165) is 37.7 Å². The molecule has 20 heavy (non-hydrogen) atoms. The van der Waals surface area contributed by atoms with Gasteiger partial charge < -0.3 is 15.4 Å². The highest BCUT2D eigenvalue weighted by atomic mass is 19.4. The molecule has 1 fully saturated rings. The summed E-state index contributed by atoms with van der Waals surface area (Å²) in [6, 6.07) is 1.99. The van der Waals surface area contributed by atoms with Gasteiger partial charge in [0.05, 0.1) is 17.7 Å². The molecule has 1 aliphatic heterocycles. The van der Waals surface area contributed by atoms with E-state index >= 15 is 0 Å². The molecule has 0 aliphatic carbocycles. The molecule has 0 aromatic carbocycles. The number of ether oxygens (including phenoxy) is 1. The fraction of sp³-hybridized carbons (Fsp3) is 0.615. The number of methoxy groups -OCH3 is 1. The predicted octanol–water partition coefficient (Wildman–Crippen LogP) is 2.28. The number of halogens is 3. The fourth-order valence-electron chi connectivity index (χ4n) is 2.43. The molecule has 1 aromatic rings. The van der Waals surface area contributed by atoms with E-state index in [1.54, 1.807) is 7.11 Å². The van der Waals surface area contributed by atoms with Gasteiger partial charge in [-0.15, -0.1) is 0 Å². The molecule has 2 heterocycles. The highest BCUT2D eigenvalue weighted by Gasteiger charge is 2.34. The third-order valence-corrected chi connectivity index (χ3v) is 3.45. The topological polar surface area (TPSA) is 46.2 Å². The van der Waals surface area contributed by atoms with Crippen molar-refractivity contribution in [3.8, 4) is 0 Å². The highest BCUT2D eigenvalue weighted by Crippen LogP contribution is 2.30. The molecule has 4 nitrogen and oxygen atoms in total. The lowest BCUT2D eigenvalue weighted by molar-refractivity contribution is -0.137. The minimum atomic E-state index is -4.35. The number of nitrogens with one attached hydrogen (secondary N) is 2. The van der Waals surface area contributed by atoms with Crippen LogP contribution in [0, 0.1) is 0 Å². The van der Waals surface area contributed by atoms with Crippen LogP contribution in [-0.4, -0.2) is 37.3 Å². The van der Waals surface area contributed by atoms with Crippen LogP contribution in [-0.2, 0) is 10.9 Å². The van der Waals surface area contributed by atoms with E-state index in [0.29, 0.717) is 13.2 Å². The van der Waals surface area contributed by atoms with Gasteiger partial charge in [-0.2, -0.15) is 13.2 Å². The second-order valence-corrected chi connectivity index (χ2v) is 5.02. The SMILES string of the molecule is COCC1(CNc2cc(C(F)(F)F)ccn2)CCCN1. The lowest BCUT2D eigenvalue weighted by atomic mass is 9.98. The Morgan fingerprint density at radius 2 is 2.30 bits per heavy atom. The van der Waals surface area contributed by atoms with E-state index in [4.69, 9.17) is 4.74 Å². The van der Waals surface area contributed by atoms with E-state index in [-0.39, 0.29) is 11.4 Å². The van der Waals surface area contributed by atoms with Gasteiger partial charge in [-0.25, -0.2) is 4.98 Å². The monoisotopic (exact) mass is 289 g/mol. The van der Waals surface area contributed by atoms with Gasteiger partial charge in [0.15, 0.2) is 0 Å². The summed E-state index contributed by atoms with van der Waals surface area (Å²) in [5.41, 5.74) is -0.930. The molecular weight excluding hydrogens is 271 g/mol. The van der Waals surface area contributed by atoms with E-state index in [1.807, 2.05) is 0 Å². The number of hydrogen-bond donors (Lipinski definition) is 2. The molecule has 2 rings (SSSR count). The maximum absolute atomic E-state index is 12.6. The number of pyridine rings is 1. The minimum absolute atomic E-state index is 0.226. The van der Waals surface area contributed by atoms with Crippen molar-refractivity contribution < 1.29 is 17.9 Å². The van der Waals surface area contributed by atoms with E-state index < -0.39 is 11.7 Å². The lowest BCUT2D eigenvalue weighted by Crippen LogP contribution is -2.49. The maximum Gasteiger partial charge on any atom is 0.416 e. The van der Waals surface area contributed by atoms with Crippen molar-refractivity contribution in [2.45, 2.75) is 24.6 Å². The molecule has 0 bridgehead atoms. The van der Waals surface area contributed by atoms with Crippen molar-refractivity contribution in [1.82, 2.24) is 10.3 Å². The van der Waals surface area contributed by atoms with Gasteiger partial charge in [-0.1, -0.05) is 0 Å². The Labute approximate surface area is 115 Å². The van der Waals surface area contributed by atoms with Gasteiger partial charge in [0.25, 0.3) is 0 Å². The fourth-order valence-corrected chi connectivity index (χ4v) is 2.43. The molecular formula is C13H18F3N3O. The Balaban J connectivity index is 2.03. The van der Waals surface area contributed by atoms with E-state index in [1.165, 1.54) is 0 Å². The lowest BCUT2D eigenvalue weighted by Gasteiger charge is -2.29. The van der Waals surface area contributed by atoms with Gasteiger partial charge >= 0.3 is 6.18 Å². The van der Waals surface area contributed by atoms with Crippen molar-refractivity contribution in [1.29, 1.82) is 0 Å². The Morgan fingerprint density at radius 3 is 2.90 bits per heavy atom. The second-order valence-electron chi connectivity index (χ2n) is 5.02. The van der Waals surface area contributed by atoms with E-state index in [2.05, 4.69) is 15.6 Å². The molecule has 0 radical (unpaired) electrons. The van der Waals surface area contributed by atoms with Gasteiger partial charge in [-0.05, 0) is 31.5 Å². The number of alkyl halides is 3. The summed E-state index contributed by atoms with van der Waals surface area (Å²) in [6.45, 7) is 1.88. The van der Waals surface area contributed by atoms with Crippen molar-refractivity contribution in [3.63, 3.8) is 0 Å². The van der Waals surface area contributed by atoms with Crippen LogP contribution < -0.4 is 10.6 Å². The normalized spacial score (nSPS) is 23.0. The zero-order valence-corrected chi connectivity index (χ0v) is 11.3. The zero-order chi connectivity index (χ0) is 14.6. The predicted molar refractivity (Wildman–Crippen MR) is 69.6 cm³/mol. The van der Waals surface area contributed by atoms with Crippen LogP contribution in [0.3, 0.4) is 0 Å². The Hall–Kier alpha value is -1.34. The molecule has 1 unspecified atom stereocenters. The summed E-state index contributed by atoms with van der Waals surface area (Å²) in [5, 5.41) is 6.32. The van der Waals surface area contributed by atoms with Crippen LogP contribution in [0.25, 0.3) is 0 Å². The molecule has 1 saturated heterocycles. The highest BCUT2D eigenvalue weighted by molar-refractivity contribution is 5.39. The average Bonchev–Trinajstić information content (AvgIpc) is 2.85. The second kappa shape index (κ2) is 5.97. The number of rotatable bonds is 5. The average molecular weight is 289 g/mol. The summed E-state index contributed by atoms with van der Waals surface area (Å²) < 4.78 is 43.0. The number of anilines is 1. The first-order chi connectivity index (χ1) is 9.45. The van der Waals surface area contributed by atoms with Gasteiger partial charge in [0, 0.05) is 19.9 Å². The molecule has 0 saturated carbocycles. The first kappa shape index (κ1) is 15.1. The Morgan fingerprint density at radius 1 is 1.50 bits per heavy atom.